The van der Waals surface area contributed by atoms with Gasteiger partial charge in [0.05, 0.1) is 11.6 Å². The fourth-order valence-electron chi connectivity index (χ4n) is 5.78. The van der Waals surface area contributed by atoms with Crippen molar-refractivity contribution < 1.29 is 9.59 Å². The fourth-order valence-corrected chi connectivity index (χ4v) is 5.78. The van der Waals surface area contributed by atoms with Crippen molar-refractivity contribution in [2.45, 2.75) is 38.4 Å². The van der Waals surface area contributed by atoms with Crippen LogP contribution in [0.15, 0.2) is 103 Å². The van der Waals surface area contributed by atoms with Crippen molar-refractivity contribution in [3.05, 3.63) is 120 Å². The first kappa shape index (κ1) is 26.6. The number of aromatic nitrogens is 3. The zero-order valence-corrected chi connectivity index (χ0v) is 22.9. The van der Waals surface area contributed by atoms with Crippen molar-refractivity contribution in [2.24, 2.45) is 5.92 Å². The van der Waals surface area contributed by atoms with E-state index in [1.54, 1.807) is 12.4 Å². The lowest BCUT2D eigenvalue weighted by Gasteiger charge is -2.38. The predicted octanol–water partition coefficient (Wildman–Crippen LogP) is 5.79. The number of carbonyl (C=O) groups is 2. The molecule has 0 bridgehead atoms. The van der Waals surface area contributed by atoms with E-state index in [0.29, 0.717) is 31.6 Å². The van der Waals surface area contributed by atoms with Gasteiger partial charge < -0.3 is 5.32 Å². The number of aromatic amines is 1. The molecule has 6 rings (SSSR count). The van der Waals surface area contributed by atoms with Gasteiger partial charge in [-0.1, -0.05) is 60.7 Å². The number of carbonyl (C=O) groups excluding carboxylic acids is 2. The lowest BCUT2D eigenvalue weighted by atomic mass is 9.87. The van der Waals surface area contributed by atoms with Crippen LogP contribution >= 0.6 is 0 Å². The van der Waals surface area contributed by atoms with E-state index in [-0.39, 0.29) is 23.7 Å². The first-order valence-electron chi connectivity index (χ1n) is 14.2. The molecule has 1 amide bonds. The number of nitrogens with one attached hydrogen (secondary N) is 2. The summed E-state index contributed by atoms with van der Waals surface area (Å²) in [6.45, 7) is 1.88. The minimum atomic E-state index is -0.226. The zero-order valence-electron chi connectivity index (χ0n) is 22.9. The Hall–Kier alpha value is -4.62. The van der Waals surface area contributed by atoms with Crippen LogP contribution in [0.2, 0.25) is 0 Å². The molecule has 5 aromatic rings. The van der Waals surface area contributed by atoms with Gasteiger partial charge in [0.1, 0.15) is 5.69 Å². The van der Waals surface area contributed by atoms with Crippen molar-refractivity contribution in [2.75, 3.05) is 6.54 Å². The molecule has 0 saturated carbocycles. The lowest BCUT2D eigenvalue weighted by molar-refractivity contribution is -0.128. The van der Waals surface area contributed by atoms with Crippen molar-refractivity contribution >= 4 is 22.6 Å². The number of H-pyrrole nitrogens is 1. The SMILES string of the molecule is O=C(C[C@@H]1CC[C@@H](C(=O)NCc2ccccc2)N(Cc2ccccc2)C1)c1ccc2[nH]nc(-c3ccncc3)c2c1. The molecule has 0 aliphatic carbocycles. The molecule has 1 saturated heterocycles. The maximum atomic E-state index is 13.5. The summed E-state index contributed by atoms with van der Waals surface area (Å²) < 4.78 is 0. The quantitative estimate of drug-likeness (QED) is 0.230. The second kappa shape index (κ2) is 12.3. The molecule has 7 heteroatoms. The molecular formula is C34H33N5O2. The topological polar surface area (TPSA) is 91.0 Å². The Morgan fingerprint density at radius 2 is 1.61 bits per heavy atom. The predicted molar refractivity (Wildman–Crippen MR) is 160 cm³/mol. The summed E-state index contributed by atoms with van der Waals surface area (Å²) in [6, 6.07) is 29.6. The van der Waals surface area contributed by atoms with E-state index >= 15 is 0 Å². The zero-order chi connectivity index (χ0) is 28.0. The van der Waals surface area contributed by atoms with Gasteiger partial charge in [-0.05, 0) is 60.2 Å². The number of pyridine rings is 1. The molecule has 0 unspecified atom stereocenters. The highest BCUT2D eigenvalue weighted by atomic mass is 16.2. The number of fused-ring (bicyclic) bond motifs is 1. The van der Waals surface area contributed by atoms with Gasteiger partial charge in [0.2, 0.25) is 5.91 Å². The number of amides is 1. The van der Waals surface area contributed by atoms with E-state index in [4.69, 9.17) is 0 Å². The molecule has 3 heterocycles. The number of nitrogens with zero attached hydrogens (tertiary/aromatic N) is 3. The number of hydrogen-bond donors (Lipinski definition) is 2. The van der Waals surface area contributed by atoms with E-state index < -0.39 is 0 Å². The van der Waals surface area contributed by atoms with E-state index in [0.717, 1.165) is 46.1 Å². The first-order valence-corrected chi connectivity index (χ1v) is 14.2. The molecule has 41 heavy (non-hydrogen) atoms. The van der Waals surface area contributed by atoms with Crippen LogP contribution in [0.5, 0.6) is 0 Å². The van der Waals surface area contributed by atoms with Gasteiger partial charge in [-0.3, -0.25) is 24.6 Å². The normalized spacial score (nSPS) is 17.4. The number of rotatable bonds is 9. The van der Waals surface area contributed by atoms with Crippen LogP contribution in [0.3, 0.4) is 0 Å². The Bertz CT molecular complexity index is 1620. The standard InChI is InChI=1S/C34H33N5O2/c40-32(28-12-13-30-29(20-28)33(38-37-30)27-15-17-35-18-16-27)19-26-11-14-31(34(41)36-21-24-7-3-1-4-8-24)39(23-26)22-25-9-5-2-6-10-25/h1-10,12-13,15-18,20,26,31H,11,14,19,21-23H2,(H,36,41)(H,37,38)/t26-,31-/m0/s1. The highest BCUT2D eigenvalue weighted by Gasteiger charge is 2.34. The smallest absolute Gasteiger partial charge is 0.237 e. The average molecular weight is 544 g/mol. The highest BCUT2D eigenvalue weighted by molar-refractivity contribution is 6.02. The van der Waals surface area contributed by atoms with Crippen LogP contribution in [-0.4, -0.2) is 44.4 Å². The monoisotopic (exact) mass is 543 g/mol. The molecule has 206 valence electrons. The van der Waals surface area contributed by atoms with Crippen LogP contribution in [-0.2, 0) is 17.9 Å². The lowest BCUT2D eigenvalue weighted by Crippen LogP contribution is -2.51. The minimum absolute atomic E-state index is 0.0450. The van der Waals surface area contributed by atoms with Crippen molar-refractivity contribution in [1.82, 2.24) is 25.4 Å². The molecule has 1 aliphatic heterocycles. The molecule has 2 N–H and O–H groups in total. The summed E-state index contributed by atoms with van der Waals surface area (Å²) in [6.07, 6.45) is 5.47. The van der Waals surface area contributed by atoms with E-state index in [2.05, 4.69) is 37.5 Å². The number of Topliss-reactive ketones (excluding diaryl/α,β-unsaturated/α-hetero) is 1. The molecule has 1 fully saturated rings. The maximum Gasteiger partial charge on any atom is 0.237 e. The van der Waals surface area contributed by atoms with Gasteiger partial charge in [-0.25, -0.2) is 0 Å². The van der Waals surface area contributed by atoms with Gasteiger partial charge in [-0.2, -0.15) is 5.10 Å². The third-order valence-corrected chi connectivity index (χ3v) is 7.94. The fraction of sp³-hybridized carbons (Fsp3) is 0.235. The molecule has 0 radical (unpaired) electrons. The number of likely N-dealkylation sites (tertiary alicyclic amines) is 1. The molecule has 7 nitrogen and oxygen atoms in total. The Morgan fingerprint density at radius 1 is 0.878 bits per heavy atom. The number of ketones is 1. The molecule has 3 aromatic carbocycles. The maximum absolute atomic E-state index is 13.5. The number of piperidine rings is 1. The van der Waals surface area contributed by atoms with Gasteiger partial charge in [-0.15, -0.1) is 0 Å². The minimum Gasteiger partial charge on any atom is -0.351 e. The van der Waals surface area contributed by atoms with Gasteiger partial charge in [0, 0.05) is 55.0 Å². The molecular weight excluding hydrogens is 510 g/mol. The molecule has 1 aliphatic rings. The number of hydrogen-bond acceptors (Lipinski definition) is 5. The Labute approximate surface area is 239 Å². The van der Waals surface area contributed by atoms with Crippen LogP contribution in [0.25, 0.3) is 22.2 Å². The van der Waals surface area contributed by atoms with Gasteiger partial charge in [0.15, 0.2) is 5.78 Å². The third-order valence-electron chi connectivity index (χ3n) is 7.94. The van der Waals surface area contributed by atoms with E-state index in [9.17, 15) is 9.59 Å². The summed E-state index contributed by atoms with van der Waals surface area (Å²) in [5.41, 5.74) is 5.59. The highest BCUT2D eigenvalue weighted by Crippen LogP contribution is 2.30. The summed E-state index contributed by atoms with van der Waals surface area (Å²) in [7, 11) is 0. The summed E-state index contributed by atoms with van der Waals surface area (Å²) >= 11 is 0. The van der Waals surface area contributed by atoms with Crippen LogP contribution in [0.1, 0.15) is 40.7 Å². The Kier molecular flexibility index (Phi) is 7.96. The van der Waals surface area contributed by atoms with E-state index in [1.807, 2.05) is 78.9 Å². The van der Waals surface area contributed by atoms with Gasteiger partial charge in [0.25, 0.3) is 0 Å². The Balaban J connectivity index is 1.16. The van der Waals surface area contributed by atoms with E-state index in [1.165, 1.54) is 0 Å². The van der Waals surface area contributed by atoms with Gasteiger partial charge >= 0.3 is 0 Å². The molecule has 2 atom stereocenters. The van der Waals surface area contributed by atoms with Crippen LogP contribution < -0.4 is 5.32 Å². The second-order valence-electron chi connectivity index (χ2n) is 10.8. The van der Waals surface area contributed by atoms with Crippen LogP contribution in [0, 0.1) is 5.92 Å². The average Bonchev–Trinajstić information content (AvgIpc) is 3.45. The summed E-state index contributed by atoms with van der Waals surface area (Å²) in [5.74, 6) is 0.332. The third kappa shape index (κ3) is 6.26. The number of benzene rings is 3. The Morgan fingerprint density at radius 3 is 2.37 bits per heavy atom. The molecule has 0 spiro atoms. The first-order chi connectivity index (χ1) is 20.1. The summed E-state index contributed by atoms with van der Waals surface area (Å²) in [5, 5.41) is 11.6. The van der Waals surface area contributed by atoms with Crippen molar-refractivity contribution in [1.29, 1.82) is 0 Å². The molecule has 2 aromatic heterocycles. The van der Waals surface area contributed by atoms with Crippen LogP contribution in [0.4, 0.5) is 0 Å². The van der Waals surface area contributed by atoms with Crippen molar-refractivity contribution in [3.8, 4) is 11.3 Å². The summed E-state index contributed by atoms with van der Waals surface area (Å²) in [4.78, 5) is 33.2. The largest absolute Gasteiger partial charge is 0.351 e. The van der Waals surface area contributed by atoms with Crippen molar-refractivity contribution in [3.63, 3.8) is 0 Å². The second-order valence-corrected chi connectivity index (χ2v) is 10.8.